The van der Waals surface area contributed by atoms with Crippen molar-refractivity contribution in [3.05, 3.63) is 99.0 Å². The zero-order valence-electron chi connectivity index (χ0n) is 15.6. The summed E-state index contributed by atoms with van der Waals surface area (Å²) < 4.78 is 10.4. The van der Waals surface area contributed by atoms with Gasteiger partial charge in [-0.3, -0.25) is 18.5 Å². The molecule has 0 bridgehead atoms. The summed E-state index contributed by atoms with van der Waals surface area (Å²) in [6, 6.07) is 19.5. The Labute approximate surface area is 161 Å². The number of rotatable bonds is 5. The van der Waals surface area contributed by atoms with Crippen LogP contribution in [0.15, 0.2) is 76.6 Å². The molecule has 142 valence electrons. The van der Waals surface area contributed by atoms with Crippen LogP contribution in [0, 0.1) is 0 Å². The van der Waals surface area contributed by atoms with Gasteiger partial charge in [-0.05, 0) is 5.56 Å². The van der Waals surface area contributed by atoms with E-state index in [0.717, 1.165) is 15.7 Å². The Bertz CT molecular complexity index is 1220. The van der Waals surface area contributed by atoms with E-state index in [-0.39, 0.29) is 0 Å². The minimum atomic E-state index is -0.559. The first-order valence-corrected chi connectivity index (χ1v) is 8.91. The van der Waals surface area contributed by atoms with Gasteiger partial charge in [-0.1, -0.05) is 60.7 Å². The lowest BCUT2D eigenvalue weighted by atomic mass is 10.2. The van der Waals surface area contributed by atoms with Crippen LogP contribution < -0.4 is 11.2 Å². The molecule has 0 N–H and O–H groups in total. The number of nitrogens with zero attached hydrogens (tertiary/aromatic N) is 4. The Morgan fingerprint density at radius 3 is 2.25 bits per heavy atom. The fourth-order valence-electron chi connectivity index (χ4n) is 3.25. The highest BCUT2D eigenvalue weighted by atomic mass is 16.5. The number of imidazole rings is 1. The number of benzene rings is 2. The van der Waals surface area contributed by atoms with Crippen molar-refractivity contribution in [3.63, 3.8) is 0 Å². The van der Waals surface area contributed by atoms with Crippen molar-refractivity contribution in [2.45, 2.75) is 12.8 Å². The van der Waals surface area contributed by atoms with Crippen molar-refractivity contribution in [3.8, 4) is 0 Å². The van der Waals surface area contributed by atoms with E-state index < -0.39 is 17.5 Å². The van der Waals surface area contributed by atoms with Crippen LogP contribution in [0.25, 0.3) is 11.2 Å². The topological polar surface area (TPSA) is 71.0 Å². The maximum Gasteiger partial charge on any atom is 0.332 e. The molecule has 0 saturated carbocycles. The van der Waals surface area contributed by atoms with Crippen LogP contribution in [0.4, 0.5) is 0 Å². The summed E-state index contributed by atoms with van der Waals surface area (Å²) in [5, 5.41) is 0. The second kappa shape index (κ2) is 7.28. The largest absolute Gasteiger partial charge is 0.349 e. The monoisotopic (exact) mass is 376 g/mol. The van der Waals surface area contributed by atoms with Crippen LogP contribution in [-0.4, -0.2) is 18.7 Å². The molecule has 1 unspecified atom stereocenters. The molecule has 28 heavy (non-hydrogen) atoms. The molecular weight excluding hydrogens is 356 g/mol. The highest BCUT2D eigenvalue weighted by Gasteiger charge is 2.21. The Morgan fingerprint density at radius 1 is 0.929 bits per heavy atom. The zero-order chi connectivity index (χ0) is 19.7. The first kappa shape index (κ1) is 17.9. The summed E-state index contributed by atoms with van der Waals surface area (Å²) in [4.78, 5) is 29.4. The molecule has 2 heterocycles. The zero-order valence-corrected chi connectivity index (χ0v) is 15.6. The molecule has 0 amide bonds. The molecule has 0 fully saturated rings. The van der Waals surface area contributed by atoms with Gasteiger partial charge >= 0.3 is 5.69 Å². The molecule has 0 aliphatic carbocycles. The van der Waals surface area contributed by atoms with Crippen LogP contribution in [0.5, 0.6) is 0 Å². The van der Waals surface area contributed by atoms with Crippen LogP contribution in [0.1, 0.15) is 17.4 Å². The first-order chi connectivity index (χ1) is 13.6. The molecule has 0 radical (unpaired) electrons. The van der Waals surface area contributed by atoms with Crippen molar-refractivity contribution in [2.75, 3.05) is 0 Å². The SMILES string of the molecule is Cn1c(=O)c2c(ncn2C(OCc2ccccc2)c2ccccc2)n(C)c1=O. The van der Waals surface area contributed by atoms with Crippen LogP contribution in [0.2, 0.25) is 0 Å². The second-order valence-corrected chi connectivity index (χ2v) is 6.59. The number of aryl methyl sites for hydroxylation is 1. The van der Waals surface area contributed by atoms with E-state index in [1.165, 1.54) is 11.6 Å². The summed E-state index contributed by atoms with van der Waals surface area (Å²) in [7, 11) is 3.06. The van der Waals surface area contributed by atoms with E-state index >= 15 is 0 Å². The summed E-state index contributed by atoms with van der Waals surface area (Å²) >= 11 is 0. The molecule has 2 aromatic heterocycles. The predicted molar refractivity (Wildman–Crippen MR) is 106 cm³/mol. The van der Waals surface area contributed by atoms with E-state index in [4.69, 9.17) is 4.74 Å². The maximum atomic E-state index is 12.8. The standard InChI is InChI=1S/C21H20N4O3/c1-23-18-17(19(26)24(2)21(23)27)25(14-22-18)20(16-11-7-4-8-12-16)28-13-15-9-5-3-6-10-15/h3-12,14,20H,13H2,1-2H3. The number of aromatic nitrogens is 4. The van der Waals surface area contributed by atoms with Gasteiger partial charge in [0.05, 0.1) is 6.61 Å². The molecule has 2 aromatic carbocycles. The van der Waals surface area contributed by atoms with Crippen LogP contribution in [-0.2, 0) is 25.4 Å². The average molecular weight is 376 g/mol. The van der Waals surface area contributed by atoms with Crippen molar-refractivity contribution < 1.29 is 4.74 Å². The highest BCUT2D eigenvalue weighted by Crippen LogP contribution is 2.24. The molecule has 7 nitrogen and oxygen atoms in total. The van der Waals surface area contributed by atoms with Crippen LogP contribution >= 0.6 is 0 Å². The second-order valence-electron chi connectivity index (χ2n) is 6.59. The van der Waals surface area contributed by atoms with Gasteiger partial charge < -0.3 is 4.74 Å². The van der Waals surface area contributed by atoms with Gasteiger partial charge in [0.1, 0.15) is 6.33 Å². The third kappa shape index (κ3) is 3.05. The summed E-state index contributed by atoms with van der Waals surface area (Å²) in [5.41, 5.74) is 1.75. The van der Waals surface area contributed by atoms with Crippen molar-refractivity contribution in [1.29, 1.82) is 0 Å². The normalized spacial score (nSPS) is 12.4. The molecule has 7 heteroatoms. The lowest BCUT2D eigenvalue weighted by Gasteiger charge is -2.21. The Balaban J connectivity index is 1.85. The molecular formula is C21H20N4O3. The van der Waals surface area contributed by atoms with E-state index in [1.807, 2.05) is 60.7 Å². The minimum absolute atomic E-state index is 0.325. The van der Waals surface area contributed by atoms with Gasteiger partial charge in [0, 0.05) is 19.7 Å². The lowest BCUT2D eigenvalue weighted by Crippen LogP contribution is -2.38. The highest BCUT2D eigenvalue weighted by molar-refractivity contribution is 5.70. The van der Waals surface area contributed by atoms with E-state index in [1.54, 1.807) is 17.9 Å². The van der Waals surface area contributed by atoms with Gasteiger partial charge in [0.2, 0.25) is 0 Å². The first-order valence-electron chi connectivity index (χ1n) is 8.91. The Kier molecular flexibility index (Phi) is 4.67. The fourth-order valence-corrected chi connectivity index (χ4v) is 3.25. The third-order valence-corrected chi connectivity index (χ3v) is 4.76. The minimum Gasteiger partial charge on any atom is -0.349 e. The lowest BCUT2D eigenvalue weighted by molar-refractivity contribution is 0.0220. The molecule has 1 atom stereocenters. The van der Waals surface area contributed by atoms with E-state index in [0.29, 0.717) is 17.8 Å². The number of ether oxygens (including phenoxy) is 1. The summed E-state index contributed by atoms with van der Waals surface area (Å²) in [5.74, 6) is 0. The Morgan fingerprint density at radius 2 is 1.57 bits per heavy atom. The van der Waals surface area contributed by atoms with Crippen molar-refractivity contribution in [1.82, 2.24) is 18.7 Å². The number of hydrogen-bond acceptors (Lipinski definition) is 4. The van der Waals surface area contributed by atoms with Gasteiger partial charge in [0.25, 0.3) is 5.56 Å². The Hall–Kier alpha value is -3.45. The quantitative estimate of drug-likeness (QED) is 0.535. The van der Waals surface area contributed by atoms with Gasteiger partial charge in [-0.15, -0.1) is 0 Å². The molecule has 0 aliphatic rings. The number of fused-ring (bicyclic) bond motifs is 1. The van der Waals surface area contributed by atoms with Gasteiger partial charge in [0.15, 0.2) is 17.4 Å². The van der Waals surface area contributed by atoms with Crippen LogP contribution in [0.3, 0.4) is 0 Å². The van der Waals surface area contributed by atoms with E-state index in [2.05, 4.69) is 4.98 Å². The summed E-state index contributed by atoms with van der Waals surface area (Å²) in [6.45, 7) is 0.367. The fraction of sp³-hybridized carbons (Fsp3) is 0.190. The van der Waals surface area contributed by atoms with Gasteiger partial charge in [-0.25, -0.2) is 9.78 Å². The summed E-state index contributed by atoms with van der Waals surface area (Å²) in [6.07, 6.45) is 0.991. The molecule has 0 spiro atoms. The van der Waals surface area contributed by atoms with E-state index in [9.17, 15) is 9.59 Å². The smallest absolute Gasteiger partial charge is 0.332 e. The third-order valence-electron chi connectivity index (χ3n) is 4.76. The molecule has 4 rings (SSSR count). The van der Waals surface area contributed by atoms with Crippen molar-refractivity contribution >= 4 is 11.2 Å². The predicted octanol–water partition coefficient (Wildman–Crippen LogP) is 2.20. The maximum absolute atomic E-state index is 12.8. The van der Waals surface area contributed by atoms with Crippen molar-refractivity contribution in [2.24, 2.45) is 14.1 Å². The number of hydrogen-bond donors (Lipinski definition) is 0. The molecule has 4 aromatic rings. The average Bonchev–Trinajstić information content (AvgIpc) is 3.17. The molecule has 0 saturated heterocycles. The van der Waals surface area contributed by atoms with Gasteiger partial charge in [-0.2, -0.15) is 0 Å². The molecule has 0 aliphatic heterocycles.